The van der Waals surface area contributed by atoms with E-state index in [0.717, 1.165) is 23.6 Å². The van der Waals surface area contributed by atoms with Crippen molar-refractivity contribution in [3.8, 4) is 0 Å². The van der Waals surface area contributed by atoms with Crippen LogP contribution in [0.25, 0.3) is 0 Å². The maximum atomic E-state index is 10.5. The first-order valence-electron chi connectivity index (χ1n) is 4.90. The van der Waals surface area contributed by atoms with E-state index in [9.17, 15) is 4.79 Å². The van der Waals surface area contributed by atoms with Gasteiger partial charge in [0, 0.05) is 10.4 Å². The molecule has 0 bridgehead atoms. The molecule has 0 amide bonds. The lowest BCUT2D eigenvalue weighted by atomic mass is 10.0. The monoisotopic (exact) mass is 254 g/mol. The van der Waals surface area contributed by atoms with Gasteiger partial charge in [-0.15, -0.1) is 0 Å². The minimum absolute atomic E-state index is 0.106. The van der Waals surface area contributed by atoms with Crippen molar-refractivity contribution in [3.63, 3.8) is 0 Å². The summed E-state index contributed by atoms with van der Waals surface area (Å²) in [5, 5.41) is 0. The van der Waals surface area contributed by atoms with Crippen LogP contribution in [-0.4, -0.2) is 6.29 Å². The maximum Gasteiger partial charge on any atom is 0.123 e. The van der Waals surface area contributed by atoms with Crippen molar-refractivity contribution >= 4 is 22.2 Å². The van der Waals surface area contributed by atoms with E-state index in [2.05, 4.69) is 41.1 Å². The van der Waals surface area contributed by atoms with Crippen LogP contribution in [0.15, 0.2) is 22.7 Å². The average Bonchev–Trinajstić information content (AvgIpc) is 2.18. The third-order valence-electron chi connectivity index (χ3n) is 2.29. The van der Waals surface area contributed by atoms with Crippen LogP contribution in [0.1, 0.15) is 25.0 Å². The van der Waals surface area contributed by atoms with E-state index >= 15 is 0 Å². The molecule has 0 fully saturated rings. The number of carbonyl (C=O) groups excluding carboxylic acids is 1. The van der Waals surface area contributed by atoms with E-state index in [1.807, 2.05) is 6.92 Å². The summed E-state index contributed by atoms with van der Waals surface area (Å²) < 4.78 is 1.15. The van der Waals surface area contributed by atoms with Crippen molar-refractivity contribution in [2.24, 2.45) is 5.92 Å². The Morgan fingerprint density at radius 1 is 1.50 bits per heavy atom. The van der Waals surface area contributed by atoms with Crippen LogP contribution in [0.3, 0.4) is 0 Å². The normalized spacial score (nSPS) is 12.5. The van der Waals surface area contributed by atoms with Crippen molar-refractivity contribution in [1.29, 1.82) is 0 Å². The van der Waals surface area contributed by atoms with Gasteiger partial charge in [0.25, 0.3) is 0 Å². The number of aryl methyl sites for hydroxylation is 1. The van der Waals surface area contributed by atoms with Gasteiger partial charge in [-0.1, -0.05) is 41.9 Å². The van der Waals surface area contributed by atoms with Crippen LogP contribution < -0.4 is 0 Å². The van der Waals surface area contributed by atoms with Gasteiger partial charge in [-0.2, -0.15) is 0 Å². The molecular weight excluding hydrogens is 240 g/mol. The molecule has 0 aliphatic rings. The lowest BCUT2D eigenvalue weighted by molar-refractivity contribution is -0.110. The van der Waals surface area contributed by atoms with Gasteiger partial charge in [0.1, 0.15) is 6.29 Å². The van der Waals surface area contributed by atoms with Gasteiger partial charge in [-0.25, -0.2) is 0 Å². The number of benzene rings is 1. The van der Waals surface area contributed by atoms with Crippen LogP contribution in [0.4, 0.5) is 0 Å². The number of hydrogen-bond donors (Lipinski definition) is 0. The lowest BCUT2D eigenvalue weighted by Crippen LogP contribution is -2.00. The largest absolute Gasteiger partial charge is 0.303 e. The van der Waals surface area contributed by atoms with Crippen LogP contribution in [0.2, 0.25) is 0 Å². The molecule has 0 saturated heterocycles. The van der Waals surface area contributed by atoms with Crippen molar-refractivity contribution < 1.29 is 4.79 Å². The summed E-state index contributed by atoms with van der Waals surface area (Å²) in [5.41, 5.74) is 2.53. The molecule has 0 radical (unpaired) electrons. The second-order valence-electron chi connectivity index (χ2n) is 3.60. The second-order valence-corrected chi connectivity index (χ2v) is 4.45. The molecule has 0 heterocycles. The molecule has 0 saturated carbocycles. The smallest absolute Gasteiger partial charge is 0.123 e. The van der Waals surface area contributed by atoms with Crippen molar-refractivity contribution in [1.82, 2.24) is 0 Å². The van der Waals surface area contributed by atoms with Gasteiger partial charge >= 0.3 is 0 Å². The van der Waals surface area contributed by atoms with Crippen LogP contribution in [0, 0.1) is 5.92 Å². The molecule has 1 unspecified atom stereocenters. The Kier molecular flexibility index (Phi) is 4.33. The fraction of sp³-hybridized carbons (Fsp3) is 0.417. The highest BCUT2D eigenvalue weighted by molar-refractivity contribution is 9.10. The Balaban J connectivity index is 2.80. The van der Waals surface area contributed by atoms with Crippen LogP contribution >= 0.6 is 15.9 Å². The SMILES string of the molecule is CCc1ccc(CC(C)C=O)cc1Br. The van der Waals surface area contributed by atoms with Gasteiger partial charge in [0.15, 0.2) is 0 Å². The summed E-state index contributed by atoms with van der Waals surface area (Å²) in [4.78, 5) is 10.5. The Labute approximate surface area is 93.7 Å². The predicted molar refractivity (Wildman–Crippen MR) is 62.5 cm³/mol. The van der Waals surface area contributed by atoms with Crippen LogP contribution in [-0.2, 0) is 17.6 Å². The highest BCUT2D eigenvalue weighted by atomic mass is 79.9. The molecule has 14 heavy (non-hydrogen) atoms. The summed E-state index contributed by atoms with van der Waals surface area (Å²) in [6.45, 7) is 4.07. The molecule has 76 valence electrons. The molecule has 1 atom stereocenters. The summed E-state index contributed by atoms with van der Waals surface area (Å²) in [6.07, 6.45) is 2.86. The highest BCUT2D eigenvalue weighted by Crippen LogP contribution is 2.20. The number of hydrogen-bond acceptors (Lipinski definition) is 1. The molecule has 1 nitrogen and oxygen atoms in total. The molecule has 0 N–H and O–H groups in total. The highest BCUT2D eigenvalue weighted by Gasteiger charge is 2.04. The molecule has 0 aliphatic heterocycles. The topological polar surface area (TPSA) is 17.1 Å². The first kappa shape index (κ1) is 11.4. The first-order chi connectivity index (χ1) is 6.67. The average molecular weight is 255 g/mol. The van der Waals surface area contributed by atoms with Crippen molar-refractivity contribution in [3.05, 3.63) is 33.8 Å². The van der Waals surface area contributed by atoms with Crippen molar-refractivity contribution in [2.75, 3.05) is 0 Å². The second kappa shape index (κ2) is 5.30. The Morgan fingerprint density at radius 3 is 2.71 bits per heavy atom. The first-order valence-corrected chi connectivity index (χ1v) is 5.69. The summed E-state index contributed by atoms with van der Waals surface area (Å²) in [5.74, 6) is 0.106. The third kappa shape index (κ3) is 2.95. The van der Waals surface area contributed by atoms with Gasteiger partial charge in [-0.3, -0.25) is 0 Å². The molecule has 2 heteroatoms. The zero-order valence-corrected chi connectivity index (χ0v) is 10.2. The van der Waals surface area contributed by atoms with E-state index in [1.165, 1.54) is 11.1 Å². The summed E-state index contributed by atoms with van der Waals surface area (Å²) in [7, 11) is 0. The number of carbonyl (C=O) groups is 1. The van der Waals surface area contributed by atoms with Gasteiger partial charge in [0.2, 0.25) is 0 Å². The van der Waals surface area contributed by atoms with Gasteiger partial charge < -0.3 is 4.79 Å². The van der Waals surface area contributed by atoms with E-state index < -0.39 is 0 Å². The Morgan fingerprint density at radius 2 is 2.21 bits per heavy atom. The number of aldehydes is 1. The Hall–Kier alpha value is -0.630. The lowest BCUT2D eigenvalue weighted by Gasteiger charge is -2.07. The minimum Gasteiger partial charge on any atom is -0.303 e. The fourth-order valence-electron chi connectivity index (χ4n) is 1.42. The minimum atomic E-state index is 0.106. The molecule has 0 aromatic heterocycles. The van der Waals surface area contributed by atoms with E-state index in [0.29, 0.717) is 0 Å². The summed E-state index contributed by atoms with van der Waals surface area (Å²) in [6, 6.07) is 6.33. The quantitative estimate of drug-likeness (QED) is 0.754. The van der Waals surface area contributed by atoms with E-state index in [4.69, 9.17) is 0 Å². The summed E-state index contributed by atoms with van der Waals surface area (Å²) >= 11 is 3.53. The molecule has 0 spiro atoms. The maximum absolute atomic E-state index is 10.5. The molecule has 1 aromatic rings. The molecule has 1 rings (SSSR count). The zero-order chi connectivity index (χ0) is 10.6. The number of halogens is 1. The van der Waals surface area contributed by atoms with Gasteiger partial charge in [0.05, 0.1) is 0 Å². The van der Waals surface area contributed by atoms with Crippen molar-refractivity contribution in [2.45, 2.75) is 26.7 Å². The third-order valence-corrected chi connectivity index (χ3v) is 3.03. The Bertz CT molecular complexity index is 320. The number of rotatable bonds is 4. The van der Waals surface area contributed by atoms with Gasteiger partial charge in [-0.05, 0) is 30.0 Å². The van der Waals surface area contributed by atoms with Crippen LogP contribution in [0.5, 0.6) is 0 Å². The predicted octanol–water partition coefficient (Wildman–Crippen LogP) is 3.39. The van der Waals surface area contributed by atoms with E-state index in [1.54, 1.807) is 0 Å². The fourth-order valence-corrected chi connectivity index (χ4v) is 2.13. The van der Waals surface area contributed by atoms with E-state index in [-0.39, 0.29) is 5.92 Å². The molecule has 1 aromatic carbocycles. The standard InChI is InChI=1S/C12H15BrO/c1-3-11-5-4-10(7-12(11)13)6-9(2)8-14/h4-5,7-9H,3,6H2,1-2H3. The zero-order valence-electron chi connectivity index (χ0n) is 8.59. The molecule has 0 aliphatic carbocycles. The molecular formula is C12H15BrO.